The van der Waals surface area contributed by atoms with Gasteiger partial charge in [-0.15, -0.1) is 11.3 Å². The molecule has 1 N–H and O–H groups in total. The van der Waals surface area contributed by atoms with Crippen molar-refractivity contribution >= 4 is 11.3 Å². The van der Waals surface area contributed by atoms with Crippen molar-refractivity contribution in [2.75, 3.05) is 0 Å². The summed E-state index contributed by atoms with van der Waals surface area (Å²) in [7, 11) is 0. The van der Waals surface area contributed by atoms with E-state index >= 15 is 0 Å². The second kappa shape index (κ2) is 7.81. The van der Waals surface area contributed by atoms with Gasteiger partial charge in [-0.05, 0) is 53.6 Å². The molecule has 128 valence electrons. The zero-order valence-electron chi connectivity index (χ0n) is 14.2. The molecule has 0 spiro atoms. The van der Waals surface area contributed by atoms with Crippen LogP contribution < -0.4 is 10.1 Å². The highest BCUT2D eigenvalue weighted by Crippen LogP contribution is 2.22. The summed E-state index contributed by atoms with van der Waals surface area (Å²) in [5, 5.41) is 5.54. The van der Waals surface area contributed by atoms with E-state index in [4.69, 9.17) is 4.74 Å². The second-order valence-corrected chi connectivity index (χ2v) is 7.19. The first-order valence-electron chi connectivity index (χ1n) is 8.77. The number of benzene rings is 2. The number of hydrogen-bond donors (Lipinski definition) is 1. The lowest BCUT2D eigenvalue weighted by Gasteiger charge is -2.09. The van der Waals surface area contributed by atoms with Crippen molar-refractivity contribution < 1.29 is 4.74 Å². The van der Waals surface area contributed by atoms with Gasteiger partial charge in [-0.1, -0.05) is 30.3 Å². The van der Waals surface area contributed by atoms with Crippen LogP contribution in [0.2, 0.25) is 0 Å². The van der Waals surface area contributed by atoms with Crippen molar-refractivity contribution in [1.29, 1.82) is 0 Å². The highest BCUT2D eigenvalue weighted by Gasteiger charge is 2.10. The van der Waals surface area contributed by atoms with Crippen molar-refractivity contribution in [2.45, 2.75) is 39.0 Å². The average molecular weight is 350 g/mol. The maximum Gasteiger partial charge on any atom is 0.131 e. The molecule has 1 aromatic heterocycles. The van der Waals surface area contributed by atoms with Gasteiger partial charge in [0.05, 0.1) is 11.2 Å². The molecule has 25 heavy (non-hydrogen) atoms. The fraction of sp³-hybridized carbons (Fsp3) is 0.286. The molecule has 1 heterocycles. The smallest absolute Gasteiger partial charge is 0.131 e. The van der Waals surface area contributed by atoms with Crippen LogP contribution in [0.5, 0.6) is 5.75 Å². The lowest BCUT2D eigenvalue weighted by Crippen LogP contribution is -2.12. The van der Waals surface area contributed by atoms with Crippen molar-refractivity contribution in [1.82, 2.24) is 10.3 Å². The van der Waals surface area contributed by atoms with Gasteiger partial charge in [-0.2, -0.15) is 0 Å². The van der Waals surface area contributed by atoms with E-state index in [1.54, 1.807) is 16.9 Å². The largest absolute Gasteiger partial charge is 0.487 e. The molecule has 3 aromatic rings. The van der Waals surface area contributed by atoms with Crippen LogP contribution in [0.15, 0.2) is 53.4 Å². The molecule has 0 saturated heterocycles. The van der Waals surface area contributed by atoms with E-state index < -0.39 is 0 Å². The summed E-state index contributed by atoms with van der Waals surface area (Å²) in [5.74, 6) is 0.885. The first-order valence-corrected chi connectivity index (χ1v) is 9.71. The molecule has 2 aromatic carbocycles. The number of nitrogens with zero attached hydrogens (tertiary/aromatic N) is 1. The number of fused-ring (bicyclic) bond motifs is 1. The fourth-order valence-corrected chi connectivity index (χ4v) is 3.80. The van der Waals surface area contributed by atoms with Gasteiger partial charge in [-0.3, -0.25) is 0 Å². The number of hydrogen-bond acceptors (Lipinski definition) is 4. The van der Waals surface area contributed by atoms with Gasteiger partial charge in [-0.25, -0.2) is 4.98 Å². The van der Waals surface area contributed by atoms with Crippen LogP contribution in [0, 0.1) is 0 Å². The van der Waals surface area contributed by atoms with Crippen molar-refractivity contribution in [3.63, 3.8) is 0 Å². The highest BCUT2D eigenvalue weighted by molar-refractivity contribution is 7.07. The van der Waals surface area contributed by atoms with E-state index in [0.717, 1.165) is 24.5 Å². The van der Waals surface area contributed by atoms with Crippen LogP contribution in [0.3, 0.4) is 0 Å². The van der Waals surface area contributed by atoms with Gasteiger partial charge in [0, 0.05) is 18.5 Å². The molecule has 0 unspecified atom stereocenters. The Hall–Kier alpha value is -2.17. The first-order chi connectivity index (χ1) is 12.4. The van der Waals surface area contributed by atoms with Crippen LogP contribution in [0.4, 0.5) is 0 Å². The summed E-state index contributed by atoms with van der Waals surface area (Å²) in [6.45, 7) is 2.30. The maximum atomic E-state index is 5.75. The van der Waals surface area contributed by atoms with Crippen LogP contribution in [0.1, 0.15) is 34.4 Å². The molecule has 0 saturated carbocycles. The van der Waals surface area contributed by atoms with E-state index in [2.05, 4.69) is 40.6 Å². The topological polar surface area (TPSA) is 34.1 Å². The third kappa shape index (κ3) is 4.27. The molecule has 0 amide bonds. The van der Waals surface area contributed by atoms with Crippen LogP contribution >= 0.6 is 11.3 Å². The number of nitrogens with one attached hydrogen (secondary N) is 1. The van der Waals surface area contributed by atoms with Crippen LogP contribution in [0.25, 0.3) is 0 Å². The molecule has 3 nitrogen and oxygen atoms in total. The van der Waals surface area contributed by atoms with E-state index in [1.165, 1.54) is 36.0 Å². The molecule has 0 aliphatic heterocycles. The molecule has 0 bridgehead atoms. The molecular formula is C21H22N2OS. The van der Waals surface area contributed by atoms with Crippen LogP contribution in [-0.4, -0.2) is 4.98 Å². The van der Waals surface area contributed by atoms with Crippen molar-refractivity contribution in [3.8, 4) is 5.75 Å². The molecule has 4 rings (SSSR count). The average Bonchev–Trinajstić information content (AvgIpc) is 3.32. The van der Waals surface area contributed by atoms with Crippen molar-refractivity contribution in [3.05, 3.63) is 81.3 Å². The summed E-state index contributed by atoms with van der Waals surface area (Å²) in [6, 6.07) is 15.2. The fourth-order valence-electron chi connectivity index (χ4n) is 3.26. The molecule has 1 aliphatic carbocycles. The highest BCUT2D eigenvalue weighted by atomic mass is 32.1. The Bertz CT molecular complexity index is 812. The zero-order chi connectivity index (χ0) is 16.9. The Morgan fingerprint density at radius 2 is 1.76 bits per heavy atom. The molecule has 0 radical (unpaired) electrons. The van der Waals surface area contributed by atoms with E-state index in [-0.39, 0.29) is 0 Å². The van der Waals surface area contributed by atoms with Crippen molar-refractivity contribution in [2.24, 2.45) is 0 Å². The molecule has 0 atom stereocenters. The summed E-state index contributed by atoms with van der Waals surface area (Å²) in [6.07, 6.45) is 3.80. The standard InChI is InChI=1S/C21H22N2OS/c1-2-18-7-4-17(10-19(18)3-1)12-22-11-16-5-8-21(9-6-16)24-13-20-14-25-15-23-20/h4-10,14-15,22H,1-3,11-13H2. The number of rotatable bonds is 7. The molecule has 4 heteroatoms. The Morgan fingerprint density at radius 1 is 0.960 bits per heavy atom. The minimum absolute atomic E-state index is 0.527. The molecular weight excluding hydrogens is 328 g/mol. The van der Waals surface area contributed by atoms with E-state index in [1.807, 2.05) is 23.0 Å². The summed E-state index contributed by atoms with van der Waals surface area (Å²) in [5.41, 5.74) is 8.53. The van der Waals surface area contributed by atoms with Gasteiger partial charge in [0.2, 0.25) is 0 Å². The number of aromatic nitrogens is 1. The lowest BCUT2D eigenvalue weighted by molar-refractivity contribution is 0.302. The third-order valence-corrected chi connectivity index (χ3v) is 5.25. The molecule has 1 aliphatic rings. The lowest BCUT2D eigenvalue weighted by atomic mass is 10.1. The first kappa shape index (κ1) is 16.3. The predicted molar refractivity (Wildman–Crippen MR) is 102 cm³/mol. The van der Waals surface area contributed by atoms with Gasteiger partial charge in [0.1, 0.15) is 12.4 Å². The Balaban J connectivity index is 1.25. The van der Waals surface area contributed by atoms with Gasteiger partial charge >= 0.3 is 0 Å². The number of ether oxygens (including phenoxy) is 1. The summed E-state index contributed by atoms with van der Waals surface area (Å²) < 4.78 is 5.75. The van der Waals surface area contributed by atoms with Crippen LogP contribution in [-0.2, 0) is 32.5 Å². The normalized spacial score (nSPS) is 13.0. The van der Waals surface area contributed by atoms with E-state index in [9.17, 15) is 0 Å². The number of thiazole rings is 1. The third-order valence-electron chi connectivity index (χ3n) is 4.61. The van der Waals surface area contributed by atoms with Gasteiger partial charge in [0.15, 0.2) is 0 Å². The Morgan fingerprint density at radius 3 is 2.60 bits per heavy atom. The maximum absolute atomic E-state index is 5.75. The summed E-state index contributed by atoms with van der Waals surface area (Å²) >= 11 is 1.59. The monoisotopic (exact) mass is 350 g/mol. The van der Waals surface area contributed by atoms with E-state index in [0.29, 0.717) is 6.61 Å². The van der Waals surface area contributed by atoms with Gasteiger partial charge < -0.3 is 10.1 Å². The van der Waals surface area contributed by atoms with Gasteiger partial charge in [0.25, 0.3) is 0 Å². The molecule has 0 fully saturated rings. The zero-order valence-corrected chi connectivity index (χ0v) is 15.0. The second-order valence-electron chi connectivity index (χ2n) is 6.47. The SMILES string of the molecule is c1nc(COc2ccc(CNCc3ccc4c(c3)CCC4)cc2)cs1. The Labute approximate surface area is 152 Å². The number of aryl methyl sites for hydroxylation is 2. The minimum Gasteiger partial charge on any atom is -0.487 e. The minimum atomic E-state index is 0.527. The Kier molecular flexibility index (Phi) is 5.09. The predicted octanol–water partition coefficient (Wildman–Crippen LogP) is 4.50. The quantitative estimate of drug-likeness (QED) is 0.681. The summed E-state index contributed by atoms with van der Waals surface area (Å²) in [4.78, 5) is 4.22.